The molecule has 0 spiro atoms. The topological polar surface area (TPSA) is 28.2 Å². The first-order chi connectivity index (χ1) is 8.88. The molecule has 0 amide bonds. The van der Waals surface area contributed by atoms with Gasteiger partial charge in [0.25, 0.3) is 0 Å². The molecule has 0 unspecified atom stereocenters. The highest BCUT2D eigenvalue weighted by atomic mass is 15.1. The fourth-order valence-corrected chi connectivity index (χ4v) is 2.49. The second-order valence-corrected chi connectivity index (χ2v) is 5.09. The summed E-state index contributed by atoms with van der Waals surface area (Å²) >= 11 is 0. The van der Waals surface area contributed by atoms with E-state index in [0.29, 0.717) is 0 Å². The molecule has 1 aliphatic rings. The van der Waals surface area contributed by atoms with Gasteiger partial charge in [-0.1, -0.05) is 25.8 Å². The molecule has 3 heteroatoms. The van der Waals surface area contributed by atoms with Gasteiger partial charge in [0.15, 0.2) is 0 Å². The molecule has 0 bridgehead atoms. The zero-order valence-corrected chi connectivity index (χ0v) is 11.5. The Morgan fingerprint density at radius 1 is 1.11 bits per heavy atom. The van der Waals surface area contributed by atoms with Crippen LogP contribution in [-0.2, 0) is 13.1 Å². The first-order valence-corrected chi connectivity index (χ1v) is 7.26. The summed E-state index contributed by atoms with van der Waals surface area (Å²) in [6.45, 7) is 7.49. The normalized spacial score (nSPS) is 17.6. The lowest BCUT2D eigenvalue weighted by Crippen LogP contribution is -2.24. The highest BCUT2D eigenvalue weighted by molar-refractivity contribution is 5.11. The van der Waals surface area contributed by atoms with Crippen molar-refractivity contribution in [3.05, 3.63) is 29.6 Å². The summed E-state index contributed by atoms with van der Waals surface area (Å²) in [5, 5.41) is 3.33. The van der Waals surface area contributed by atoms with Gasteiger partial charge in [-0.05, 0) is 44.6 Å². The largest absolute Gasteiger partial charge is 0.311 e. The summed E-state index contributed by atoms with van der Waals surface area (Å²) in [6, 6.07) is 6.39. The van der Waals surface area contributed by atoms with Crippen molar-refractivity contribution in [3.8, 4) is 0 Å². The highest BCUT2D eigenvalue weighted by Gasteiger charge is 2.10. The third-order valence-corrected chi connectivity index (χ3v) is 3.50. The van der Waals surface area contributed by atoms with Gasteiger partial charge in [-0.15, -0.1) is 0 Å². The molecule has 1 N–H and O–H groups in total. The van der Waals surface area contributed by atoms with Gasteiger partial charge in [0.05, 0.1) is 11.4 Å². The third kappa shape index (κ3) is 4.39. The molecule has 18 heavy (non-hydrogen) atoms. The van der Waals surface area contributed by atoms with Gasteiger partial charge in [0, 0.05) is 13.1 Å². The molecule has 1 aliphatic heterocycles. The van der Waals surface area contributed by atoms with Gasteiger partial charge in [-0.3, -0.25) is 9.88 Å². The van der Waals surface area contributed by atoms with Crippen LogP contribution in [0.3, 0.4) is 0 Å². The number of nitrogens with zero attached hydrogens (tertiary/aromatic N) is 2. The van der Waals surface area contributed by atoms with Crippen LogP contribution in [0.2, 0.25) is 0 Å². The van der Waals surface area contributed by atoms with Gasteiger partial charge in [0.1, 0.15) is 0 Å². The summed E-state index contributed by atoms with van der Waals surface area (Å²) < 4.78 is 0. The minimum atomic E-state index is 0.879. The van der Waals surface area contributed by atoms with Crippen LogP contribution in [0.4, 0.5) is 0 Å². The smallest absolute Gasteiger partial charge is 0.0547 e. The number of hydrogen-bond acceptors (Lipinski definition) is 3. The summed E-state index contributed by atoms with van der Waals surface area (Å²) in [5.74, 6) is 0. The van der Waals surface area contributed by atoms with Gasteiger partial charge in [-0.25, -0.2) is 0 Å². The van der Waals surface area contributed by atoms with E-state index in [9.17, 15) is 0 Å². The fourth-order valence-electron chi connectivity index (χ4n) is 2.49. The molecule has 3 nitrogen and oxygen atoms in total. The van der Waals surface area contributed by atoms with E-state index in [1.54, 1.807) is 0 Å². The number of rotatable bonds is 5. The predicted molar refractivity (Wildman–Crippen MR) is 75.4 cm³/mol. The SMILES string of the molecule is CCNCc1cccc(CN2CCCCCC2)n1. The van der Waals surface area contributed by atoms with Gasteiger partial charge in [0.2, 0.25) is 0 Å². The van der Waals surface area contributed by atoms with Crippen molar-refractivity contribution in [1.29, 1.82) is 0 Å². The predicted octanol–water partition coefficient (Wildman–Crippen LogP) is 2.57. The minimum Gasteiger partial charge on any atom is -0.311 e. The van der Waals surface area contributed by atoms with Crippen molar-refractivity contribution < 1.29 is 0 Å². The monoisotopic (exact) mass is 247 g/mol. The first kappa shape index (κ1) is 13.5. The maximum atomic E-state index is 4.73. The number of hydrogen-bond donors (Lipinski definition) is 1. The van der Waals surface area contributed by atoms with E-state index in [0.717, 1.165) is 25.3 Å². The van der Waals surface area contributed by atoms with Crippen molar-refractivity contribution in [2.45, 2.75) is 45.7 Å². The van der Waals surface area contributed by atoms with E-state index in [2.05, 4.69) is 35.3 Å². The summed E-state index contributed by atoms with van der Waals surface area (Å²) in [7, 11) is 0. The molecule has 1 saturated heterocycles. The standard InChI is InChI=1S/C15H25N3/c1-2-16-12-14-8-7-9-15(17-14)13-18-10-5-3-4-6-11-18/h7-9,16H,2-6,10-13H2,1H3. The lowest BCUT2D eigenvalue weighted by atomic mass is 10.2. The highest BCUT2D eigenvalue weighted by Crippen LogP contribution is 2.12. The van der Waals surface area contributed by atoms with Crippen LogP contribution < -0.4 is 5.32 Å². The molecule has 0 saturated carbocycles. The zero-order chi connectivity index (χ0) is 12.6. The number of pyridine rings is 1. The van der Waals surface area contributed by atoms with Crippen molar-refractivity contribution >= 4 is 0 Å². The summed E-state index contributed by atoms with van der Waals surface area (Å²) in [4.78, 5) is 7.28. The summed E-state index contributed by atoms with van der Waals surface area (Å²) in [5.41, 5.74) is 2.37. The molecule has 1 aromatic heterocycles. The second kappa shape index (κ2) is 7.49. The summed E-state index contributed by atoms with van der Waals surface area (Å²) in [6.07, 6.45) is 5.48. The van der Waals surface area contributed by atoms with E-state index in [1.807, 2.05) is 0 Å². The Kier molecular flexibility index (Phi) is 5.62. The van der Waals surface area contributed by atoms with E-state index in [4.69, 9.17) is 4.98 Å². The maximum Gasteiger partial charge on any atom is 0.0547 e. The second-order valence-electron chi connectivity index (χ2n) is 5.09. The Balaban J connectivity index is 1.91. The van der Waals surface area contributed by atoms with Crippen molar-refractivity contribution in [3.63, 3.8) is 0 Å². The first-order valence-electron chi connectivity index (χ1n) is 7.26. The lowest BCUT2D eigenvalue weighted by Gasteiger charge is -2.19. The Morgan fingerprint density at radius 3 is 2.56 bits per heavy atom. The molecule has 0 radical (unpaired) electrons. The number of likely N-dealkylation sites (tertiary alicyclic amines) is 1. The molecule has 100 valence electrons. The van der Waals surface area contributed by atoms with Gasteiger partial charge < -0.3 is 5.32 Å². The van der Waals surface area contributed by atoms with Crippen molar-refractivity contribution in [2.75, 3.05) is 19.6 Å². The Bertz CT molecular complexity index is 343. The Morgan fingerprint density at radius 2 is 1.83 bits per heavy atom. The van der Waals surface area contributed by atoms with Crippen LogP contribution in [-0.4, -0.2) is 29.5 Å². The van der Waals surface area contributed by atoms with Crippen LogP contribution in [0.15, 0.2) is 18.2 Å². The quantitative estimate of drug-likeness (QED) is 0.867. The van der Waals surface area contributed by atoms with Crippen LogP contribution in [0.25, 0.3) is 0 Å². The minimum absolute atomic E-state index is 0.879. The molecule has 0 aromatic carbocycles. The molecular formula is C15H25N3. The van der Waals surface area contributed by atoms with E-state index < -0.39 is 0 Å². The van der Waals surface area contributed by atoms with E-state index >= 15 is 0 Å². The molecule has 1 aromatic rings. The van der Waals surface area contributed by atoms with Gasteiger partial charge in [-0.2, -0.15) is 0 Å². The van der Waals surface area contributed by atoms with E-state index in [-0.39, 0.29) is 0 Å². The third-order valence-electron chi connectivity index (χ3n) is 3.50. The number of aromatic nitrogens is 1. The maximum absolute atomic E-state index is 4.73. The molecule has 2 heterocycles. The molecule has 2 rings (SSSR count). The van der Waals surface area contributed by atoms with Gasteiger partial charge >= 0.3 is 0 Å². The van der Waals surface area contributed by atoms with Crippen LogP contribution in [0.5, 0.6) is 0 Å². The molecule has 0 aliphatic carbocycles. The van der Waals surface area contributed by atoms with Crippen molar-refractivity contribution in [2.24, 2.45) is 0 Å². The van der Waals surface area contributed by atoms with Crippen LogP contribution in [0, 0.1) is 0 Å². The number of nitrogens with one attached hydrogen (secondary N) is 1. The van der Waals surface area contributed by atoms with Crippen LogP contribution >= 0.6 is 0 Å². The van der Waals surface area contributed by atoms with Crippen molar-refractivity contribution in [1.82, 2.24) is 15.2 Å². The Labute approximate surface area is 111 Å². The Hall–Kier alpha value is -0.930. The lowest BCUT2D eigenvalue weighted by molar-refractivity contribution is 0.273. The average molecular weight is 247 g/mol. The average Bonchev–Trinajstić information content (AvgIpc) is 2.65. The zero-order valence-electron chi connectivity index (χ0n) is 11.5. The molecular weight excluding hydrogens is 222 g/mol. The fraction of sp³-hybridized carbons (Fsp3) is 0.667. The van der Waals surface area contributed by atoms with E-state index in [1.165, 1.54) is 44.5 Å². The molecule has 0 atom stereocenters. The van der Waals surface area contributed by atoms with Crippen LogP contribution in [0.1, 0.15) is 44.0 Å². The molecule has 1 fully saturated rings.